The van der Waals surface area contributed by atoms with Gasteiger partial charge in [-0.2, -0.15) is 0 Å². The molecule has 1 aromatic rings. The molecule has 1 aromatic carbocycles. The molecule has 1 aliphatic rings. The van der Waals surface area contributed by atoms with Gasteiger partial charge in [-0.15, -0.1) is 0 Å². The number of hydrogen-bond donors (Lipinski definition) is 3. The van der Waals surface area contributed by atoms with E-state index in [1.54, 1.807) is 0 Å². The van der Waals surface area contributed by atoms with Crippen LogP contribution in [-0.4, -0.2) is 65.7 Å². The lowest BCUT2D eigenvalue weighted by atomic mass is 9.99. The van der Waals surface area contributed by atoms with E-state index in [9.17, 15) is 20.1 Å². The number of aliphatic hydroxyl groups is 3. The van der Waals surface area contributed by atoms with E-state index >= 15 is 0 Å². The molecule has 0 saturated carbocycles. The summed E-state index contributed by atoms with van der Waals surface area (Å²) in [6.07, 6.45) is -5.77. The van der Waals surface area contributed by atoms with Gasteiger partial charge in [0.15, 0.2) is 12.4 Å². The standard InChI is InChI=1S/C16H22O7/c1-21-16-13(19)11(17)12(18)14(23-16)15(20)22-9-5-8-10-6-3-2-4-7-10/h2-4,6-7,11-14,16-19H,5,8-9H2,1H3/t11-,12-,13+,14-,16-/m0/s1. The maximum Gasteiger partial charge on any atom is 0.338 e. The van der Waals surface area contributed by atoms with Gasteiger partial charge in [0.2, 0.25) is 0 Å². The van der Waals surface area contributed by atoms with Crippen molar-refractivity contribution in [2.75, 3.05) is 13.7 Å². The average Bonchev–Trinajstić information content (AvgIpc) is 2.57. The van der Waals surface area contributed by atoms with E-state index in [1.165, 1.54) is 7.11 Å². The molecule has 0 amide bonds. The summed E-state index contributed by atoms with van der Waals surface area (Å²) < 4.78 is 15.1. The second kappa shape index (κ2) is 8.37. The monoisotopic (exact) mass is 326 g/mol. The van der Waals surface area contributed by atoms with E-state index in [1.807, 2.05) is 30.3 Å². The summed E-state index contributed by atoms with van der Waals surface area (Å²) in [5, 5.41) is 29.2. The van der Waals surface area contributed by atoms with Crippen molar-refractivity contribution in [3.05, 3.63) is 35.9 Å². The molecular weight excluding hydrogens is 304 g/mol. The van der Waals surface area contributed by atoms with Crippen molar-refractivity contribution in [3.63, 3.8) is 0 Å². The van der Waals surface area contributed by atoms with Gasteiger partial charge in [0.25, 0.3) is 0 Å². The van der Waals surface area contributed by atoms with E-state index in [0.29, 0.717) is 6.42 Å². The first-order valence-corrected chi connectivity index (χ1v) is 7.47. The Hall–Kier alpha value is -1.51. The highest BCUT2D eigenvalue weighted by Crippen LogP contribution is 2.22. The molecule has 0 aromatic heterocycles. The third kappa shape index (κ3) is 4.49. The van der Waals surface area contributed by atoms with Gasteiger partial charge in [0.05, 0.1) is 6.61 Å². The highest BCUT2D eigenvalue weighted by molar-refractivity contribution is 5.75. The molecule has 1 heterocycles. The van der Waals surface area contributed by atoms with Crippen molar-refractivity contribution < 1.29 is 34.3 Å². The summed E-state index contributed by atoms with van der Waals surface area (Å²) in [7, 11) is 1.26. The highest BCUT2D eigenvalue weighted by Gasteiger charge is 2.47. The van der Waals surface area contributed by atoms with Gasteiger partial charge in [-0.1, -0.05) is 30.3 Å². The minimum absolute atomic E-state index is 0.163. The van der Waals surface area contributed by atoms with Crippen LogP contribution >= 0.6 is 0 Å². The number of aryl methyl sites for hydroxylation is 1. The average molecular weight is 326 g/mol. The topological polar surface area (TPSA) is 105 Å². The number of ether oxygens (including phenoxy) is 3. The van der Waals surface area contributed by atoms with Gasteiger partial charge < -0.3 is 29.5 Å². The molecule has 0 radical (unpaired) electrons. The molecule has 0 unspecified atom stereocenters. The lowest BCUT2D eigenvalue weighted by molar-refractivity contribution is -0.288. The van der Waals surface area contributed by atoms with E-state index in [-0.39, 0.29) is 6.61 Å². The first-order valence-electron chi connectivity index (χ1n) is 7.47. The molecule has 7 heteroatoms. The van der Waals surface area contributed by atoms with Crippen LogP contribution in [0.2, 0.25) is 0 Å². The Morgan fingerprint density at radius 3 is 2.48 bits per heavy atom. The quantitative estimate of drug-likeness (QED) is 0.483. The van der Waals surface area contributed by atoms with Gasteiger partial charge in [0.1, 0.15) is 18.3 Å². The minimum Gasteiger partial charge on any atom is -0.464 e. The minimum atomic E-state index is -1.57. The van der Waals surface area contributed by atoms with Crippen LogP contribution < -0.4 is 0 Å². The van der Waals surface area contributed by atoms with Crippen molar-refractivity contribution in [2.45, 2.75) is 43.5 Å². The predicted octanol–water partition coefficient (Wildman–Crippen LogP) is -0.384. The number of esters is 1. The largest absolute Gasteiger partial charge is 0.464 e. The van der Waals surface area contributed by atoms with E-state index in [4.69, 9.17) is 14.2 Å². The first-order chi connectivity index (χ1) is 11.0. The van der Waals surface area contributed by atoms with Crippen molar-refractivity contribution in [1.29, 1.82) is 0 Å². The van der Waals surface area contributed by atoms with Crippen molar-refractivity contribution in [2.24, 2.45) is 0 Å². The molecule has 23 heavy (non-hydrogen) atoms. The molecule has 0 aliphatic carbocycles. The Kier molecular flexibility index (Phi) is 6.49. The molecule has 3 N–H and O–H groups in total. The molecule has 1 aliphatic heterocycles. The summed E-state index contributed by atoms with van der Waals surface area (Å²) in [4.78, 5) is 12.0. The van der Waals surface area contributed by atoms with Crippen molar-refractivity contribution in [1.82, 2.24) is 0 Å². The smallest absolute Gasteiger partial charge is 0.338 e. The molecule has 128 valence electrons. The van der Waals surface area contributed by atoms with Gasteiger partial charge >= 0.3 is 5.97 Å². The van der Waals surface area contributed by atoms with E-state index in [0.717, 1.165) is 12.0 Å². The van der Waals surface area contributed by atoms with E-state index < -0.39 is 36.7 Å². The fourth-order valence-corrected chi connectivity index (χ4v) is 2.41. The number of carbonyl (C=O) groups excluding carboxylic acids is 1. The second-order valence-electron chi connectivity index (χ2n) is 5.39. The molecular formula is C16H22O7. The highest BCUT2D eigenvalue weighted by atomic mass is 16.7. The SMILES string of the molecule is CO[C@H]1O[C@H](C(=O)OCCCc2ccccc2)[C@@H](O)[C@H](O)[C@H]1O. The molecule has 1 saturated heterocycles. The van der Waals surface area contributed by atoms with Gasteiger partial charge in [0, 0.05) is 7.11 Å². The van der Waals surface area contributed by atoms with Crippen LogP contribution in [0.4, 0.5) is 0 Å². The van der Waals surface area contributed by atoms with Crippen LogP contribution in [0, 0.1) is 0 Å². The Labute approximate surface area is 134 Å². The third-order valence-electron chi connectivity index (χ3n) is 3.73. The number of rotatable bonds is 6. The normalized spacial score (nSPS) is 30.9. The maximum atomic E-state index is 12.0. The number of aliphatic hydroxyl groups excluding tert-OH is 3. The summed E-state index contributed by atoms with van der Waals surface area (Å²) in [6.45, 7) is 0.163. The van der Waals surface area contributed by atoms with E-state index in [2.05, 4.69) is 0 Å². The summed E-state index contributed by atoms with van der Waals surface area (Å²) in [6, 6.07) is 9.76. The predicted molar refractivity (Wildman–Crippen MR) is 79.4 cm³/mol. The van der Waals surface area contributed by atoms with Crippen molar-refractivity contribution >= 4 is 5.97 Å². The van der Waals surface area contributed by atoms with Crippen LogP contribution in [0.3, 0.4) is 0 Å². The zero-order valence-corrected chi connectivity index (χ0v) is 12.9. The van der Waals surface area contributed by atoms with Gasteiger partial charge in [-0.05, 0) is 18.4 Å². The summed E-state index contributed by atoms with van der Waals surface area (Å²) in [5.74, 6) is -0.793. The lowest BCUT2D eigenvalue weighted by Gasteiger charge is -2.38. The Morgan fingerprint density at radius 1 is 1.13 bits per heavy atom. The fraction of sp³-hybridized carbons (Fsp3) is 0.562. The lowest BCUT2D eigenvalue weighted by Crippen LogP contribution is -2.60. The van der Waals surface area contributed by atoms with Crippen molar-refractivity contribution in [3.8, 4) is 0 Å². The zero-order valence-electron chi connectivity index (χ0n) is 12.9. The summed E-state index contributed by atoms with van der Waals surface area (Å²) >= 11 is 0. The van der Waals surface area contributed by atoms with Crippen LogP contribution in [0.5, 0.6) is 0 Å². The Bertz CT molecular complexity index is 490. The molecule has 0 spiro atoms. The first kappa shape index (κ1) is 17.8. The summed E-state index contributed by atoms with van der Waals surface area (Å²) in [5.41, 5.74) is 1.13. The molecule has 7 nitrogen and oxygen atoms in total. The van der Waals surface area contributed by atoms with Gasteiger partial charge in [-0.25, -0.2) is 4.79 Å². The molecule has 2 rings (SSSR count). The van der Waals surface area contributed by atoms with Gasteiger partial charge in [-0.3, -0.25) is 0 Å². The second-order valence-corrected chi connectivity index (χ2v) is 5.39. The number of hydrogen-bond acceptors (Lipinski definition) is 7. The number of benzene rings is 1. The number of methoxy groups -OCH3 is 1. The number of carbonyl (C=O) groups is 1. The molecule has 5 atom stereocenters. The fourth-order valence-electron chi connectivity index (χ4n) is 2.41. The Morgan fingerprint density at radius 2 is 1.83 bits per heavy atom. The van der Waals surface area contributed by atoms with Crippen LogP contribution in [-0.2, 0) is 25.4 Å². The Balaban J connectivity index is 1.80. The van der Waals surface area contributed by atoms with Crippen LogP contribution in [0.25, 0.3) is 0 Å². The molecule has 0 bridgehead atoms. The van der Waals surface area contributed by atoms with Crippen LogP contribution in [0.15, 0.2) is 30.3 Å². The zero-order chi connectivity index (χ0) is 16.8. The van der Waals surface area contributed by atoms with Crippen LogP contribution in [0.1, 0.15) is 12.0 Å². The maximum absolute atomic E-state index is 12.0. The molecule has 1 fully saturated rings. The third-order valence-corrected chi connectivity index (χ3v) is 3.73.